The summed E-state index contributed by atoms with van der Waals surface area (Å²) in [5.74, 6) is -0.529. The first kappa shape index (κ1) is 20.8. The summed E-state index contributed by atoms with van der Waals surface area (Å²) in [5, 5.41) is 8.53. The summed E-state index contributed by atoms with van der Waals surface area (Å²) in [6.45, 7) is 5.59. The Bertz CT molecular complexity index is 1440. The van der Waals surface area contributed by atoms with Gasteiger partial charge in [0.15, 0.2) is 5.65 Å². The van der Waals surface area contributed by atoms with E-state index in [1.54, 1.807) is 25.3 Å². The van der Waals surface area contributed by atoms with Gasteiger partial charge in [-0.3, -0.25) is 4.79 Å². The van der Waals surface area contributed by atoms with E-state index in [1.165, 1.54) is 4.40 Å². The molecule has 4 aromatic rings. The molecule has 0 N–H and O–H groups in total. The Balaban J connectivity index is 1.93. The highest BCUT2D eigenvalue weighted by Crippen LogP contribution is 2.44. The number of aliphatic imine (C=N–C) groups is 1. The third-order valence-corrected chi connectivity index (χ3v) is 5.99. The van der Waals surface area contributed by atoms with Crippen LogP contribution >= 0.6 is 0 Å². The summed E-state index contributed by atoms with van der Waals surface area (Å²) in [4.78, 5) is 31.6. The van der Waals surface area contributed by atoms with Crippen LogP contribution < -0.4 is 5.69 Å². The number of ether oxygens (including phenoxy) is 1. The Morgan fingerprint density at radius 1 is 1.00 bits per heavy atom. The summed E-state index contributed by atoms with van der Waals surface area (Å²) < 4.78 is 8.50. The van der Waals surface area contributed by atoms with Gasteiger partial charge < -0.3 is 4.74 Å². The monoisotopic (exact) mass is 441 g/mol. The minimum absolute atomic E-state index is 0.264. The molecule has 0 amide bonds. The third kappa shape index (κ3) is 3.26. The average Bonchev–Trinajstić information content (AvgIpc) is 3.21. The average molecular weight is 441 g/mol. The van der Waals surface area contributed by atoms with E-state index in [1.807, 2.05) is 60.7 Å². The van der Waals surface area contributed by atoms with Crippen LogP contribution in [0.15, 0.2) is 70.5 Å². The standard InChI is InChI=1S/C25H23N5O3/c1-4-33-24(31)19-15(2)26-22-21(20(19)17-11-7-5-8-12-17)23-28-27-16(3)29(23)25(32)30(22)18-13-9-6-10-14-18/h5-14,19-20H,4H2,1-3H3. The lowest BCUT2D eigenvalue weighted by Gasteiger charge is -2.32. The Morgan fingerprint density at radius 3 is 2.33 bits per heavy atom. The summed E-state index contributed by atoms with van der Waals surface area (Å²) >= 11 is 0. The first-order chi connectivity index (χ1) is 16.0. The van der Waals surface area contributed by atoms with E-state index in [-0.39, 0.29) is 18.3 Å². The molecule has 0 bridgehead atoms. The molecule has 1 aliphatic rings. The summed E-state index contributed by atoms with van der Waals surface area (Å²) in [6, 6.07) is 19.1. The van der Waals surface area contributed by atoms with Crippen LogP contribution in [0.3, 0.4) is 0 Å². The molecule has 2 aromatic heterocycles. The zero-order valence-electron chi connectivity index (χ0n) is 18.6. The third-order valence-electron chi connectivity index (χ3n) is 5.99. The number of hydrogen-bond acceptors (Lipinski definition) is 6. The number of esters is 1. The lowest BCUT2D eigenvalue weighted by atomic mass is 9.77. The van der Waals surface area contributed by atoms with Crippen LogP contribution in [-0.2, 0) is 9.53 Å². The zero-order chi connectivity index (χ0) is 23.1. The molecule has 0 spiro atoms. The molecule has 0 saturated heterocycles. The SMILES string of the molecule is CCOC(=O)C1C(C)=Nc2c(c3nnc(C)n3c(=O)n2-c2ccccc2)C1c1ccccc1. The van der Waals surface area contributed by atoms with E-state index >= 15 is 0 Å². The van der Waals surface area contributed by atoms with Gasteiger partial charge in [0, 0.05) is 17.2 Å². The van der Waals surface area contributed by atoms with Gasteiger partial charge in [-0.1, -0.05) is 48.5 Å². The van der Waals surface area contributed by atoms with Gasteiger partial charge in [0.05, 0.1) is 12.3 Å². The second-order valence-electron chi connectivity index (χ2n) is 7.97. The Kier molecular flexibility index (Phi) is 5.12. The quantitative estimate of drug-likeness (QED) is 0.451. The number of hydrogen-bond donors (Lipinski definition) is 0. The van der Waals surface area contributed by atoms with Crippen LogP contribution in [0.4, 0.5) is 5.82 Å². The normalized spacial score (nSPS) is 17.5. The van der Waals surface area contributed by atoms with Gasteiger partial charge in [-0.25, -0.2) is 18.8 Å². The number of carbonyl (C=O) groups excluding carboxylic acids is 1. The van der Waals surface area contributed by atoms with Crippen molar-refractivity contribution in [3.8, 4) is 5.69 Å². The number of benzene rings is 2. The summed E-state index contributed by atoms with van der Waals surface area (Å²) in [7, 11) is 0. The lowest BCUT2D eigenvalue weighted by Crippen LogP contribution is -2.37. The van der Waals surface area contributed by atoms with Crippen LogP contribution in [0.2, 0.25) is 0 Å². The fourth-order valence-electron chi connectivity index (χ4n) is 4.58. The van der Waals surface area contributed by atoms with Crippen molar-refractivity contribution in [3.63, 3.8) is 0 Å². The van der Waals surface area contributed by atoms with Crippen LogP contribution in [0.1, 0.15) is 36.7 Å². The number of para-hydroxylation sites is 1. The van der Waals surface area contributed by atoms with E-state index in [0.29, 0.717) is 34.3 Å². The summed E-state index contributed by atoms with van der Waals surface area (Å²) in [6.07, 6.45) is 0. The number of aryl methyl sites for hydroxylation is 1. The van der Waals surface area contributed by atoms with E-state index in [4.69, 9.17) is 9.73 Å². The van der Waals surface area contributed by atoms with Gasteiger partial charge in [-0.15, -0.1) is 10.2 Å². The van der Waals surface area contributed by atoms with Gasteiger partial charge in [0.1, 0.15) is 17.6 Å². The number of aromatic nitrogens is 4. The summed E-state index contributed by atoms with van der Waals surface area (Å²) in [5.41, 5.74) is 2.93. The van der Waals surface area contributed by atoms with Crippen molar-refractivity contribution in [2.75, 3.05) is 6.61 Å². The first-order valence-corrected chi connectivity index (χ1v) is 10.9. The molecule has 0 fully saturated rings. The first-order valence-electron chi connectivity index (χ1n) is 10.9. The molecule has 0 aliphatic carbocycles. The molecule has 2 atom stereocenters. The van der Waals surface area contributed by atoms with Crippen molar-refractivity contribution in [1.82, 2.24) is 19.2 Å². The highest BCUT2D eigenvalue weighted by molar-refractivity contribution is 6.05. The molecule has 2 unspecified atom stereocenters. The Hall–Kier alpha value is -4.07. The molecule has 5 rings (SSSR count). The molecule has 0 saturated carbocycles. The fourth-order valence-corrected chi connectivity index (χ4v) is 4.58. The maximum Gasteiger partial charge on any atom is 0.341 e. The Morgan fingerprint density at radius 2 is 1.67 bits per heavy atom. The van der Waals surface area contributed by atoms with E-state index in [0.717, 1.165) is 5.56 Å². The van der Waals surface area contributed by atoms with Crippen LogP contribution in [-0.4, -0.2) is 37.5 Å². The minimum atomic E-state index is -0.651. The van der Waals surface area contributed by atoms with Crippen LogP contribution in [0, 0.1) is 12.8 Å². The second-order valence-corrected chi connectivity index (χ2v) is 7.97. The van der Waals surface area contributed by atoms with Gasteiger partial charge in [-0.2, -0.15) is 0 Å². The van der Waals surface area contributed by atoms with Gasteiger partial charge in [-0.05, 0) is 38.5 Å². The van der Waals surface area contributed by atoms with Crippen molar-refractivity contribution in [3.05, 3.63) is 88.1 Å². The maximum absolute atomic E-state index is 13.6. The molecule has 0 radical (unpaired) electrons. The lowest BCUT2D eigenvalue weighted by molar-refractivity contribution is -0.146. The van der Waals surface area contributed by atoms with Crippen molar-refractivity contribution < 1.29 is 9.53 Å². The maximum atomic E-state index is 13.6. The van der Waals surface area contributed by atoms with Crippen molar-refractivity contribution >= 4 is 23.1 Å². The molecule has 166 valence electrons. The largest absolute Gasteiger partial charge is 0.465 e. The highest BCUT2D eigenvalue weighted by atomic mass is 16.5. The topological polar surface area (TPSA) is 90.8 Å². The predicted octanol–water partition coefficient (Wildman–Crippen LogP) is 3.61. The zero-order valence-corrected chi connectivity index (χ0v) is 18.6. The molecular weight excluding hydrogens is 418 g/mol. The minimum Gasteiger partial charge on any atom is -0.465 e. The van der Waals surface area contributed by atoms with Gasteiger partial charge >= 0.3 is 11.7 Å². The van der Waals surface area contributed by atoms with E-state index < -0.39 is 11.8 Å². The van der Waals surface area contributed by atoms with Crippen molar-refractivity contribution in [2.45, 2.75) is 26.7 Å². The van der Waals surface area contributed by atoms with Gasteiger partial charge in [0.25, 0.3) is 0 Å². The van der Waals surface area contributed by atoms with Crippen molar-refractivity contribution in [2.24, 2.45) is 10.9 Å². The molecule has 33 heavy (non-hydrogen) atoms. The number of carbonyl (C=O) groups is 1. The fraction of sp³-hybridized carbons (Fsp3) is 0.240. The molecule has 1 aliphatic heterocycles. The Labute approximate surface area is 190 Å². The van der Waals surface area contributed by atoms with Crippen LogP contribution in [0.25, 0.3) is 11.3 Å². The molecule has 8 nitrogen and oxygen atoms in total. The van der Waals surface area contributed by atoms with E-state index in [9.17, 15) is 9.59 Å². The number of rotatable bonds is 4. The molecule has 3 heterocycles. The number of fused-ring (bicyclic) bond motifs is 3. The predicted molar refractivity (Wildman–Crippen MR) is 124 cm³/mol. The van der Waals surface area contributed by atoms with E-state index in [2.05, 4.69) is 10.2 Å². The number of nitrogens with zero attached hydrogens (tertiary/aromatic N) is 5. The van der Waals surface area contributed by atoms with Crippen molar-refractivity contribution in [1.29, 1.82) is 0 Å². The van der Waals surface area contributed by atoms with Gasteiger partial charge in [0.2, 0.25) is 0 Å². The molecule has 8 heteroatoms. The highest BCUT2D eigenvalue weighted by Gasteiger charge is 2.42. The second kappa shape index (κ2) is 8.12. The van der Waals surface area contributed by atoms with Crippen LogP contribution in [0.5, 0.6) is 0 Å². The smallest absolute Gasteiger partial charge is 0.341 e. The molecular formula is C25H23N5O3. The molecule has 2 aromatic carbocycles.